The van der Waals surface area contributed by atoms with Gasteiger partial charge in [0.05, 0.1) is 21.5 Å². The molecular weight excluding hydrogens is 205 g/mol. The van der Waals surface area contributed by atoms with Crippen LogP contribution in [0.25, 0.3) is 0 Å². The number of nitriles is 1. The molecule has 0 radical (unpaired) electrons. The zero-order valence-electron chi connectivity index (χ0n) is 6.85. The van der Waals surface area contributed by atoms with Crippen LogP contribution in [0.3, 0.4) is 0 Å². The molecule has 0 aliphatic heterocycles. The summed E-state index contributed by atoms with van der Waals surface area (Å²) in [5, 5.41) is 10.0. The standard InChI is InChI=1S/C10H7Cl2N/c11-8-2-1-7(5-9(8)12)10(6-13)3-4-10/h1-2,5H,3-4H2. The molecule has 0 unspecified atom stereocenters. The first-order valence-electron chi connectivity index (χ1n) is 4.05. The Labute approximate surface area is 86.9 Å². The average molecular weight is 212 g/mol. The summed E-state index contributed by atoms with van der Waals surface area (Å²) in [5.41, 5.74) is 0.721. The maximum absolute atomic E-state index is 8.94. The third-order valence-corrected chi connectivity index (χ3v) is 3.18. The normalized spacial score (nSPS) is 17.9. The number of nitrogens with zero attached hydrogens (tertiary/aromatic N) is 1. The van der Waals surface area contributed by atoms with E-state index in [4.69, 9.17) is 28.5 Å². The zero-order valence-corrected chi connectivity index (χ0v) is 8.36. The first-order valence-corrected chi connectivity index (χ1v) is 4.80. The van der Waals surface area contributed by atoms with Gasteiger partial charge in [-0.25, -0.2) is 0 Å². The molecule has 66 valence electrons. The van der Waals surface area contributed by atoms with Gasteiger partial charge in [0.1, 0.15) is 0 Å². The number of rotatable bonds is 1. The minimum Gasteiger partial charge on any atom is -0.197 e. The molecule has 1 aromatic carbocycles. The van der Waals surface area contributed by atoms with Gasteiger partial charge in [-0.05, 0) is 30.5 Å². The van der Waals surface area contributed by atoms with Gasteiger partial charge in [-0.1, -0.05) is 29.3 Å². The highest BCUT2D eigenvalue weighted by atomic mass is 35.5. The minimum absolute atomic E-state index is 0.270. The highest BCUT2D eigenvalue weighted by Gasteiger charge is 2.44. The molecule has 0 atom stereocenters. The molecule has 0 aromatic heterocycles. The van der Waals surface area contributed by atoms with Gasteiger partial charge >= 0.3 is 0 Å². The number of hydrogen-bond acceptors (Lipinski definition) is 1. The summed E-state index contributed by atoms with van der Waals surface area (Å²) in [5.74, 6) is 0. The summed E-state index contributed by atoms with van der Waals surface area (Å²) < 4.78 is 0. The van der Waals surface area contributed by atoms with Gasteiger partial charge in [-0.3, -0.25) is 0 Å². The maximum Gasteiger partial charge on any atom is 0.0824 e. The summed E-state index contributed by atoms with van der Waals surface area (Å²) in [4.78, 5) is 0. The van der Waals surface area contributed by atoms with E-state index < -0.39 is 0 Å². The maximum atomic E-state index is 8.94. The minimum atomic E-state index is -0.270. The topological polar surface area (TPSA) is 23.8 Å². The van der Waals surface area contributed by atoms with Crippen molar-refractivity contribution in [2.75, 3.05) is 0 Å². The fourth-order valence-electron chi connectivity index (χ4n) is 1.38. The number of benzene rings is 1. The summed E-state index contributed by atoms with van der Waals surface area (Å²) in [7, 11) is 0. The van der Waals surface area contributed by atoms with Gasteiger partial charge in [0, 0.05) is 0 Å². The van der Waals surface area contributed by atoms with Crippen molar-refractivity contribution in [2.45, 2.75) is 18.3 Å². The molecule has 0 saturated heterocycles. The second-order valence-corrected chi connectivity index (χ2v) is 4.14. The van der Waals surface area contributed by atoms with Gasteiger partial charge in [-0.2, -0.15) is 5.26 Å². The van der Waals surface area contributed by atoms with Crippen LogP contribution in [0.5, 0.6) is 0 Å². The Morgan fingerprint density at radius 1 is 1.23 bits per heavy atom. The van der Waals surface area contributed by atoms with E-state index >= 15 is 0 Å². The largest absolute Gasteiger partial charge is 0.197 e. The average Bonchev–Trinajstić information content (AvgIpc) is 2.90. The predicted molar refractivity (Wildman–Crippen MR) is 53.0 cm³/mol. The smallest absolute Gasteiger partial charge is 0.0824 e. The lowest BCUT2D eigenvalue weighted by molar-refractivity contribution is 0.909. The van der Waals surface area contributed by atoms with Crippen LogP contribution in [0.2, 0.25) is 10.0 Å². The lowest BCUT2D eigenvalue weighted by Gasteiger charge is -2.06. The summed E-state index contributed by atoms with van der Waals surface area (Å²) >= 11 is 11.6. The Balaban J connectivity index is 2.44. The predicted octanol–water partition coefficient (Wildman–Crippen LogP) is 3.55. The molecule has 0 amide bonds. The van der Waals surface area contributed by atoms with Crippen molar-refractivity contribution in [1.29, 1.82) is 5.26 Å². The van der Waals surface area contributed by atoms with Crippen LogP contribution in [0, 0.1) is 11.3 Å². The van der Waals surface area contributed by atoms with Gasteiger partial charge in [0.25, 0.3) is 0 Å². The van der Waals surface area contributed by atoms with E-state index in [2.05, 4.69) is 6.07 Å². The second kappa shape index (κ2) is 2.90. The van der Waals surface area contributed by atoms with Crippen LogP contribution in [0.1, 0.15) is 18.4 Å². The second-order valence-electron chi connectivity index (χ2n) is 3.32. The van der Waals surface area contributed by atoms with E-state index in [9.17, 15) is 0 Å². The Bertz CT molecular complexity index is 388. The highest BCUT2D eigenvalue weighted by molar-refractivity contribution is 6.42. The van der Waals surface area contributed by atoms with Crippen LogP contribution >= 0.6 is 23.2 Å². The molecule has 13 heavy (non-hydrogen) atoms. The van der Waals surface area contributed by atoms with Crippen LogP contribution < -0.4 is 0 Å². The van der Waals surface area contributed by atoms with Crippen molar-refractivity contribution in [2.24, 2.45) is 0 Å². The van der Waals surface area contributed by atoms with E-state index in [1.807, 2.05) is 6.07 Å². The molecule has 2 rings (SSSR count). The van der Waals surface area contributed by atoms with Crippen LogP contribution in [-0.4, -0.2) is 0 Å². The fraction of sp³-hybridized carbons (Fsp3) is 0.300. The molecule has 3 heteroatoms. The van der Waals surface area contributed by atoms with Crippen LogP contribution in [0.15, 0.2) is 18.2 Å². The van der Waals surface area contributed by atoms with Gasteiger partial charge in [0.15, 0.2) is 0 Å². The summed E-state index contributed by atoms with van der Waals surface area (Å²) in [6, 6.07) is 7.73. The number of hydrogen-bond donors (Lipinski definition) is 0. The Morgan fingerprint density at radius 2 is 1.92 bits per heavy atom. The van der Waals surface area contributed by atoms with Crippen molar-refractivity contribution in [3.8, 4) is 6.07 Å². The van der Waals surface area contributed by atoms with Crippen LogP contribution in [0.4, 0.5) is 0 Å². The highest BCUT2D eigenvalue weighted by Crippen LogP contribution is 2.48. The molecule has 1 aromatic rings. The molecule has 1 fully saturated rings. The Morgan fingerprint density at radius 3 is 2.38 bits per heavy atom. The molecule has 0 heterocycles. The van der Waals surface area contributed by atoms with E-state index in [1.165, 1.54) is 0 Å². The Kier molecular flexibility index (Phi) is 1.98. The van der Waals surface area contributed by atoms with Gasteiger partial charge in [-0.15, -0.1) is 0 Å². The van der Waals surface area contributed by atoms with E-state index in [-0.39, 0.29) is 5.41 Å². The van der Waals surface area contributed by atoms with Gasteiger partial charge in [0.2, 0.25) is 0 Å². The quantitative estimate of drug-likeness (QED) is 0.698. The molecule has 1 nitrogen and oxygen atoms in total. The number of halogens is 2. The summed E-state index contributed by atoms with van der Waals surface area (Å²) in [6.07, 6.45) is 1.86. The molecular formula is C10H7Cl2N. The molecule has 1 aliphatic rings. The van der Waals surface area contributed by atoms with Gasteiger partial charge < -0.3 is 0 Å². The SMILES string of the molecule is N#CC1(c2ccc(Cl)c(Cl)c2)CC1. The van der Waals surface area contributed by atoms with E-state index in [1.54, 1.807) is 12.1 Å². The lowest BCUT2D eigenvalue weighted by atomic mass is 9.98. The Hall–Kier alpha value is -0.710. The van der Waals surface area contributed by atoms with Crippen molar-refractivity contribution in [3.63, 3.8) is 0 Å². The third kappa shape index (κ3) is 1.41. The summed E-state index contributed by atoms with van der Waals surface area (Å²) in [6.45, 7) is 0. The van der Waals surface area contributed by atoms with Crippen molar-refractivity contribution >= 4 is 23.2 Å². The van der Waals surface area contributed by atoms with Crippen molar-refractivity contribution in [3.05, 3.63) is 33.8 Å². The zero-order chi connectivity index (χ0) is 9.47. The van der Waals surface area contributed by atoms with Crippen LogP contribution in [-0.2, 0) is 5.41 Å². The molecule has 1 aliphatic carbocycles. The van der Waals surface area contributed by atoms with Crippen molar-refractivity contribution < 1.29 is 0 Å². The monoisotopic (exact) mass is 211 g/mol. The fourth-order valence-corrected chi connectivity index (χ4v) is 1.68. The molecule has 1 saturated carbocycles. The van der Waals surface area contributed by atoms with Crippen molar-refractivity contribution in [1.82, 2.24) is 0 Å². The lowest BCUT2D eigenvalue weighted by Crippen LogP contribution is -2.01. The van der Waals surface area contributed by atoms with E-state index in [0.29, 0.717) is 10.0 Å². The first kappa shape index (κ1) is 8.87. The molecule has 0 bridgehead atoms. The third-order valence-electron chi connectivity index (χ3n) is 2.44. The molecule has 0 spiro atoms. The van der Waals surface area contributed by atoms with E-state index in [0.717, 1.165) is 18.4 Å². The molecule has 0 N–H and O–H groups in total. The first-order chi connectivity index (χ1) is 6.18.